The predicted octanol–water partition coefficient (Wildman–Crippen LogP) is 11.5. The Balaban J connectivity index is 1.37. The predicted molar refractivity (Wildman–Crippen MR) is 177 cm³/mol. The Morgan fingerprint density at radius 3 is 1.95 bits per heavy atom. The number of para-hydroxylation sites is 1. The molecule has 0 N–H and O–H groups in total. The van der Waals surface area contributed by atoms with Crippen molar-refractivity contribution in [2.24, 2.45) is 0 Å². The summed E-state index contributed by atoms with van der Waals surface area (Å²) in [7, 11) is 0. The Hall–Kier alpha value is -5.39. The van der Waals surface area contributed by atoms with Crippen molar-refractivity contribution in [3.05, 3.63) is 156 Å². The first-order valence-corrected chi connectivity index (χ1v) is 14.4. The van der Waals surface area contributed by atoms with Crippen LogP contribution in [0.5, 0.6) is 0 Å². The van der Waals surface area contributed by atoms with Crippen LogP contribution in [0.1, 0.15) is 25.0 Å². The fourth-order valence-electron chi connectivity index (χ4n) is 7.08. The van der Waals surface area contributed by atoms with Crippen LogP contribution in [0.15, 0.2) is 133 Å². The van der Waals surface area contributed by atoms with Gasteiger partial charge in [-0.1, -0.05) is 98.8 Å². The monoisotopic (exact) mass is 536 g/mol. The molecule has 1 aliphatic rings. The maximum atomic E-state index is 7.57. The molecule has 0 spiro atoms. The van der Waals surface area contributed by atoms with Crippen LogP contribution in [0.25, 0.3) is 48.3 Å². The molecule has 8 rings (SSSR count). The first-order chi connectivity index (χ1) is 20.5. The molecular weight excluding hydrogens is 508 g/mol. The number of anilines is 3. The summed E-state index contributed by atoms with van der Waals surface area (Å²) < 4.78 is 0. The van der Waals surface area contributed by atoms with E-state index in [1.54, 1.807) is 0 Å². The van der Waals surface area contributed by atoms with E-state index in [4.69, 9.17) is 6.57 Å². The highest BCUT2D eigenvalue weighted by Crippen LogP contribution is 2.55. The molecule has 0 atom stereocenters. The second-order valence-corrected chi connectivity index (χ2v) is 11.7. The molecule has 7 aromatic rings. The molecule has 2 nitrogen and oxygen atoms in total. The van der Waals surface area contributed by atoms with Crippen molar-refractivity contribution in [1.29, 1.82) is 0 Å². The van der Waals surface area contributed by atoms with Crippen LogP contribution in [0.2, 0.25) is 0 Å². The van der Waals surface area contributed by atoms with Crippen LogP contribution < -0.4 is 4.90 Å². The minimum Gasteiger partial charge on any atom is -0.312 e. The van der Waals surface area contributed by atoms with Gasteiger partial charge in [0.2, 0.25) is 0 Å². The van der Waals surface area contributed by atoms with Crippen LogP contribution in [0, 0.1) is 6.57 Å². The van der Waals surface area contributed by atoms with Gasteiger partial charge in [0.25, 0.3) is 0 Å². The van der Waals surface area contributed by atoms with Crippen molar-refractivity contribution in [2.45, 2.75) is 19.3 Å². The van der Waals surface area contributed by atoms with Gasteiger partial charge in [-0.3, -0.25) is 0 Å². The molecule has 42 heavy (non-hydrogen) atoms. The molecule has 0 bridgehead atoms. The van der Waals surface area contributed by atoms with Crippen molar-refractivity contribution < 1.29 is 0 Å². The molecule has 1 aliphatic carbocycles. The summed E-state index contributed by atoms with van der Waals surface area (Å²) in [6.07, 6.45) is 0. The lowest BCUT2D eigenvalue weighted by atomic mass is 9.79. The first-order valence-electron chi connectivity index (χ1n) is 14.4. The second-order valence-electron chi connectivity index (χ2n) is 11.7. The zero-order valence-electron chi connectivity index (χ0n) is 23.6. The summed E-state index contributed by atoms with van der Waals surface area (Å²) in [6.45, 7) is 12.3. The Kier molecular flexibility index (Phi) is 5.27. The van der Waals surface area contributed by atoms with Gasteiger partial charge in [0.15, 0.2) is 5.69 Å². The smallest absolute Gasteiger partial charge is 0.189 e. The largest absolute Gasteiger partial charge is 0.312 e. The third-order valence-electron chi connectivity index (χ3n) is 8.95. The van der Waals surface area contributed by atoms with Gasteiger partial charge in [-0.15, -0.1) is 0 Å². The van der Waals surface area contributed by atoms with Crippen LogP contribution in [0.3, 0.4) is 0 Å². The lowest BCUT2D eigenvalue weighted by Crippen LogP contribution is -2.15. The lowest BCUT2D eigenvalue weighted by molar-refractivity contribution is 0.667. The molecule has 2 heteroatoms. The Bertz CT molecular complexity index is 2240. The summed E-state index contributed by atoms with van der Waals surface area (Å²) in [4.78, 5) is 5.93. The van der Waals surface area contributed by atoms with Gasteiger partial charge in [-0.05, 0) is 103 Å². The summed E-state index contributed by atoms with van der Waals surface area (Å²) in [5, 5.41) is 7.73. The highest BCUT2D eigenvalue weighted by atomic mass is 15.1. The Morgan fingerprint density at radius 2 is 1.19 bits per heavy atom. The van der Waals surface area contributed by atoms with E-state index in [0.29, 0.717) is 5.69 Å². The number of hydrogen-bond acceptors (Lipinski definition) is 1. The van der Waals surface area contributed by atoms with Gasteiger partial charge in [-0.2, -0.15) is 0 Å². The fraction of sp³-hybridized carbons (Fsp3) is 0.0750. The van der Waals surface area contributed by atoms with Crippen LogP contribution in [-0.4, -0.2) is 0 Å². The van der Waals surface area contributed by atoms with Gasteiger partial charge in [0.1, 0.15) is 0 Å². The van der Waals surface area contributed by atoms with Gasteiger partial charge >= 0.3 is 0 Å². The molecule has 0 saturated carbocycles. The summed E-state index contributed by atoms with van der Waals surface area (Å²) in [6, 6.07) is 47.5. The van der Waals surface area contributed by atoms with E-state index in [1.165, 1.54) is 54.6 Å². The van der Waals surface area contributed by atoms with Gasteiger partial charge in [0.05, 0.1) is 6.57 Å². The molecule has 0 amide bonds. The SMILES string of the molecule is [C-]#[N+]c1cccc(N(c2ccccc2)c2ccc3cc4c(cc3c2)C(C)(C)c2c-4c3ccccc3c3ccccc23)c1. The maximum absolute atomic E-state index is 7.57. The average molecular weight is 537 g/mol. The van der Waals surface area contributed by atoms with E-state index < -0.39 is 0 Å². The third-order valence-corrected chi connectivity index (χ3v) is 8.95. The van der Waals surface area contributed by atoms with Gasteiger partial charge < -0.3 is 4.90 Å². The zero-order valence-corrected chi connectivity index (χ0v) is 23.6. The highest BCUT2D eigenvalue weighted by Gasteiger charge is 2.38. The number of benzene rings is 7. The maximum Gasteiger partial charge on any atom is 0.189 e. The van der Waals surface area contributed by atoms with E-state index in [9.17, 15) is 0 Å². The molecule has 0 aliphatic heterocycles. The van der Waals surface area contributed by atoms with Crippen molar-refractivity contribution in [1.82, 2.24) is 0 Å². The quantitative estimate of drug-likeness (QED) is 0.161. The number of hydrogen-bond donors (Lipinski definition) is 0. The van der Waals surface area contributed by atoms with Crippen LogP contribution >= 0.6 is 0 Å². The molecular formula is C40H28N2. The van der Waals surface area contributed by atoms with Crippen molar-refractivity contribution in [3.63, 3.8) is 0 Å². The van der Waals surface area contributed by atoms with E-state index in [2.05, 4.69) is 133 Å². The Morgan fingerprint density at radius 1 is 0.548 bits per heavy atom. The lowest BCUT2D eigenvalue weighted by Gasteiger charge is -2.26. The number of fused-ring (bicyclic) bond motifs is 9. The van der Waals surface area contributed by atoms with Crippen molar-refractivity contribution in [3.8, 4) is 11.1 Å². The van der Waals surface area contributed by atoms with E-state index in [1.807, 2.05) is 24.3 Å². The van der Waals surface area contributed by atoms with E-state index in [0.717, 1.165) is 17.1 Å². The van der Waals surface area contributed by atoms with E-state index >= 15 is 0 Å². The molecule has 7 aromatic carbocycles. The zero-order chi connectivity index (χ0) is 28.4. The summed E-state index contributed by atoms with van der Waals surface area (Å²) >= 11 is 0. The second kappa shape index (κ2) is 9.06. The minimum atomic E-state index is -0.151. The van der Waals surface area contributed by atoms with Gasteiger partial charge in [0, 0.05) is 22.5 Å². The van der Waals surface area contributed by atoms with Crippen LogP contribution in [-0.2, 0) is 5.41 Å². The molecule has 0 heterocycles. The standard InChI is InChI=1S/C40H28N2/c1-40(2)37-24-27-22-31(42(29-13-5-4-6-14-29)30-15-11-12-28(25-30)41-3)21-20-26(27)23-36(37)38-34-18-9-7-16-32(34)33-17-8-10-19-35(33)39(38)40/h4-25H,1-2H3. The molecule has 0 unspecified atom stereocenters. The molecule has 0 fully saturated rings. The highest BCUT2D eigenvalue weighted by molar-refractivity contribution is 6.19. The van der Waals surface area contributed by atoms with Crippen molar-refractivity contribution >= 4 is 55.1 Å². The van der Waals surface area contributed by atoms with Gasteiger partial charge in [-0.25, -0.2) is 4.85 Å². The van der Waals surface area contributed by atoms with Crippen molar-refractivity contribution in [2.75, 3.05) is 4.90 Å². The summed E-state index contributed by atoms with van der Waals surface area (Å²) in [5.74, 6) is 0. The summed E-state index contributed by atoms with van der Waals surface area (Å²) in [5.41, 5.74) is 9.08. The molecule has 0 aromatic heterocycles. The number of nitrogens with zero attached hydrogens (tertiary/aromatic N) is 2. The molecule has 0 radical (unpaired) electrons. The normalized spacial score (nSPS) is 13.2. The fourth-order valence-corrected chi connectivity index (χ4v) is 7.08. The van der Waals surface area contributed by atoms with Crippen LogP contribution in [0.4, 0.5) is 22.7 Å². The topological polar surface area (TPSA) is 7.60 Å². The van der Waals surface area contributed by atoms with E-state index in [-0.39, 0.29) is 5.41 Å². The average Bonchev–Trinajstić information content (AvgIpc) is 3.27. The minimum absolute atomic E-state index is 0.151. The first kappa shape index (κ1) is 24.4. The third kappa shape index (κ3) is 3.51. The number of rotatable bonds is 3. The Labute approximate surface area is 245 Å². The molecule has 0 saturated heterocycles. The molecule has 198 valence electrons.